The molecule has 0 saturated carbocycles. The Morgan fingerprint density at radius 1 is 1.12 bits per heavy atom. The molecule has 1 aromatic carbocycles. The van der Waals surface area contributed by atoms with Crippen LogP contribution < -0.4 is 9.88 Å². The van der Waals surface area contributed by atoms with Gasteiger partial charge in [0.15, 0.2) is 17.5 Å². The first-order valence-electron chi connectivity index (χ1n) is 7.47. The zero-order valence-electron chi connectivity index (χ0n) is 12.6. The molecular weight excluding hydrogens is 310 g/mol. The molecule has 0 unspecified atom stereocenters. The van der Waals surface area contributed by atoms with Crippen molar-refractivity contribution in [2.75, 3.05) is 18.5 Å². The Bertz CT molecular complexity index is 990. The van der Waals surface area contributed by atoms with E-state index in [4.69, 9.17) is 0 Å². The molecule has 5 N–H and O–H groups in total. The van der Waals surface area contributed by atoms with Gasteiger partial charge in [0.05, 0.1) is 25.6 Å². The zero-order chi connectivity index (χ0) is 16.5. The van der Waals surface area contributed by atoms with Crippen LogP contribution in [0.3, 0.4) is 0 Å². The molecule has 3 aromatic heterocycles. The monoisotopic (exact) mass is 326 g/mol. The minimum Gasteiger partial charge on any atom is -0.394 e. The lowest BCUT2D eigenvalue weighted by atomic mass is 10.3. The van der Waals surface area contributed by atoms with Crippen LogP contribution in [0.25, 0.3) is 28.0 Å². The van der Waals surface area contributed by atoms with Crippen LogP contribution in [0.2, 0.25) is 0 Å². The highest BCUT2D eigenvalue weighted by molar-refractivity contribution is 5.79. The summed E-state index contributed by atoms with van der Waals surface area (Å²) in [5.74, 6) is 0.905. The van der Waals surface area contributed by atoms with Gasteiger partial charge in [0.25, 0.3) is 5.82 Å². The smallest absolute Gasteiger partial charge is 0.302 e. The second-order valence-corrected chi connectivity index (χ2v) is 5.34. The van der Waals surface area contributed by atoms with Gasteiger partial charge in [-0.15, -0.1) is 0 Å². The Balaban J connectivity index is 1.89. The Kier molecular flexibility index (Phi) is 3.56. The number of hydrogen-bond acceptors (Lipinski definition) is 6. The molecule has 122 valence electrons. The molecular formula is C15H16N7O2+. The molecule has 0 aliphatic carbocycles. The lowest BCUT2D eigenvalue weighted by Crippen LogP contribution is -2.33. The number of rotatable bonds is 5. The van der Waals surface area contributed by atoms with Crippen molar-refractivity contribution >= 4 is 28.1 Å². The van der Waals surface area contributed by atoms with Gasteiger partial charge < -0.3 is 20.5 Å². The van der Waals surface area contributed by atoms with E-state index in [9.17, 15) is 10.2 Å². The molecule has 0 fully saturated rings. The number of benzene rings is 1. The van der Waals surface area contributed by atoms with Crippen LogP contribution in [-0.4, -0.2) is 54.4 Å². The number of aliphatic hydroxyl groups is 2. The van der Waals surface area contributed by atoms with Crippen molar-refractivity contribution in [2.45, 2.75) is 6.04 Å². The number of H-pyrrole nitrogens is 2. The third kappa shape index (κ3) is 2.36. The largest absolute Gasteiger partial charge is 0.394 e. The zero-order valence-corrected chi connectivity index (χ0v) is 12.6. The van der Waals surface area contributed by atoms with Crippen molar-refractivity contribution in [3.63, 3.8) is 0 Å². The van der Waals surface area contributed by atoms with Crippen molar-refractivity contribution in [1.29, 1.82) is 0 Å². The minimum absolute atomic E-state index is 0.228. The van der Waals surface area contributed by atoms with Gasteiger partial charge in [-0.3, -0.25) is 4.98 Å². The first-order chi connectivity index (χ1) is 11.8. The summed E-state index contributed by atoms with van der Waals surface area (Å²) in [5, 5.41) is 21.4. The number of aromatic nitrogens is 6. The fourth-order valence-electron chi connectivity index (χ4n) is 2.57. The predicted molar refractivity (Wildman–Crippen MR) is 86.7 cm³/mol. The lowest BCUT2D eigenvalue weighted by Gasteiger charge is -2.11. The molecule has 0 saturated heterocycles. The highest BCUT2D eigenvalue weighted by Crippen LogP contribution is 2.17. The summed E-state index contributed by atoms with van der Waals surface area (Å²) in [6, 6.07) is 7.32. The van der Waals surface area contributed by atoms with Crippen LogP contribution in [0.1, 0.15) is 0 Å². The summed E-state index contributed by atoms with van der Waals surface area (Å²) in [6.45, 7) is -0.456. The molecule has 9 nitrogen and oxygen atoms in total. The summed E-state index contributed by atoms with van der Waals surface area (Å²) in [4.78, 5) is 19.3. The summed E-state index contributed by atoms with van der Waals surface area (Å²) < 4.78 is 1.90. The highest BCUT2D eigenvalue weighted by atomic mass is 16.3. The van der Waals surface area contributed by atoms with Crippen molar-refractivity contribution in [3.8, 4) is 5.82 Å². The molecule has 0 amide bonds. The molecule has 0 radical (unpaired) electrons. The summed E-state index contributed by atoms with van der Waals surface area (Å²) in [5.41, 5.74) is 3.12. The van der Waals surface area contributed by atoms with Gasteiger partial charge >= 0.3 is 5.95 Å². The molecule has 0 atom stereocenters. The van der Waals surface area contributed by atoms with E-state index in [-0.39, 0.29) is 19.2 Å². The van der Waals surface area contributed by atoms with Gasteiger partial charge in [0, 0.05) is 0 Å². The molecule has 4 aromatic rings. The summed E-state index contributed by atoms with van der Waals surface area (Å²) in [7, 11) is 0. The standard InChI is InChI=1S/C15H15N7O2/c23-5-9(6-24)19-15-20-13-12(16-7-17-13)14(21-15)22-8-18-10-3-1-2-4-11(10)22/h1-4,7-9,23-24H,5-6H2,(H2,16,17,19,20,21)/p+1. The molecule has 4 rings (SSSR count). The lowest BCUT2D eigenvalue weighted by molar-refractivity contribution is -0.569. The Hall–Kier alpha value is -3.04. The normalized spacial score (nSPS) is 11.6. The highest BCUT2D eigenvalue weighted by Gasteiger charge is 2.21. The van der Waals surface area contributed by atoms with Crippen molar-refractivity contribution in [3.05, 3.63) is 36.9 Å². The van der Waals surface area contributed by atoms with E-state index in [2.05, 4.69) is 30.2 Å². The number of hydrogen-bond donors (Lipinski definition) is 5. The number of aromatic amines is 2. The first kappa shape index (κ1) is 14.5. The average Bonchev–Trinajstić information content (AvgIpc) is 3.25. The number of aliphatic hydroxyl groups excluding tert-OH is 2. The van der Waals surface area contributed by atoms with E-state index in [1.54, 1.807) is 6.33 Å². The quantitative estimate of drug-likeness (QED) is 0.325. The molecule has 0 spiro atoms. The second kappa shape index (κ2) is 5.87. The minimum atomic E-state index is -0.540. The van der Waals surface area contributed by atoms with Crippen LogP contribution in [0, 0.1) is 0 Å². The van der Waals surface area contributed by atoms with Gasteiger partial charge in [0.2, 0.25) is 0 Å². The van der Waals surface area contributed by atoms with Gasteiger partial charge in [-0.05, 0) is 12.1 Å². The van der Waals surface area contributed by atoms with Gasteiger partial charge in [0.1, 0.15) is 11.0 Å². The molecule has 9 heteroatoms. The number of para-hydroxylation sites is 2. The topological polar surface area (TPSA) is 127 Å². The van der Waals surface area contributed by atoms with E-state index in [1.165, 1.54) is 0 Å². The Morgan fingerprint density at radius 2 is 1.96 bits per heavy atom. The number of nitrogens with one attached hydrogen (secondary N) is 3. The Labute approximate surface area is 136 Å². The number of imidazole rings is 2. The fourth-order valence-corrected chi connectivity index (χ4v) is 2.57. The molecule has 24 heavy (non-hydrogen) atoms. The molecule has 0 bridgehead atoms. The molecule has 0 aliphatic heterocycles. The van der Waals surface area contributed by atoms with Crippen LogP contribution in [0.15, 0.2) is 36.9 Å². The third-order valence-electron chi connectivity index (χ3n) is 3.78. The number of anilines is 1. The van der Waals surface area contributed by atoms with E-state index in [0.29, 0.717) is 17.0 Å². The van der Waals surface area contributed by atoms with Crippen LogP contribution in [0.5, 0.6) is 0 Å². The number of fused-ring (bicyclic) bond motifs is 2. The fraction of sp³-hybridized carbons (Fsp3) is 0.200. The maximum atomic E-state index is 9.25. The molecule has 3 heterocycles. The summed E-state index contributed by atoms with van der Waals surface area (Å²) >= 11 is 0. The second-order valence-electron chi connectivity index (χ2n) is 5.34. The van der Waals surface area contributed by atoms with Gasteiger partial charge in [-0.25, -0.2) is 4.98 Å². The van der Waals surface area contributed by atoms with Crippen molar-refractivity contribution < 1.29 is 14.8 Å². The third-order valence-corrected chi connectivity index (χ3v) is 3.78. The van der Waals surface area contributed by atoms with Crippen LogP contribution >= 0.6 is 0 Å². The first-order valence-corrected chi connectivity index (χ1v) is 7.47. The van der Waals surface area contributed by atoms with E-state index >= 15 is 0 Å². The number of nitrogens with zero attached hydrogens (tertiary/aromatic N) is 4. The van der Waals surface area contributed by atoms with Gasteiger partial charge in [-0.2, -0.15) is 9.55 Å². The predicted octanol–water partition coefficient (Wildman–Crippen LogP) is -0.124. The molecule has 0 aliphatic rings. The summed E-state index contributed by atoms with van der Waals surface area (Å²) in [6.07, 6.45) is 3.37. The maximum Gasteiger partial charge on any atom is 0.302 e. The average molecular weight is 326 g/mol. The van der Waals surface area contributed by atoms with Crippen molar-refractivity contribution in [2.24, 2.45) is 0 Å². The van der Waals surface area contributed by atoms with Crippen LogP contribution in [-0.2, 0) is 0 Å². The SMILES string of the molecule is OCC(CO)Nc1nc(-[n+]2c[nH]c3ccccc32)c2[nH]cnc2n1. The van der Waals surface area contributed by atoms with E-state index < -0.39 is 6.04 Å². The van der Waals surface area contributed by atoms with E-state index in [0.717, 1.165) is 11.0 Å². The van der Waals surface area contributed by atoms with Gasteiger partial charge in [-0.1, -0.05) is 17.1 Å². The van der Waals surface area contributed by atoms with Crippen LogP contribution in [0.4, 0.5) is 5.95 Å². The maximum absolute atomic E-state index is 9.25. The van der Waals surface area contributed by atoms with Crippen molar-refractivity contribution in [1.82, 2.24) is 24.9 Å². The van der Waals surface area contributed by atoms with E-state index in [1.807, 2.05) is 35.2 Å². The Morgan fingerprint density at radius 3 is 2.79 bits per heavy atom.